The van der Waals surface area contributed by atoms with Gasteiger partial charge in [-0.2, -0.15) is 0 Å². The minimum absolute atomic E-state index is 0.114. The number of imide groups is 1. The van der Waals surface area contributed by atoms with Crippen molar-refractivity contribution in [3.63, 3.8) is 0 Å². The number of rotatable bonds is 7. The number of hydrogen-bond donors (Lipinski definition) is 1. The molecule has 0 spiro atoms. The highest BCUT2D eigenvalue weighted by molar-refractivity contribution is 6.32. The van der Waals surface area contributed by atoms with Gasteiger partial charge in [-0.15, -0.1) is 0 Å². The van der Waals surface area contributed by atoms with E-state index in [0.29, 0.717) is 39.3 Å². The van der Waals surface area contributed by atoms with Gasteiger partial charge < -0.3 is 14.6 Å². The summed E-state index contributed by atoms with van der Waals surface area (Å²) in [6.07, 6.45) is 3.69. The smallest absolute Gasteiger partial charge is 0.238 e. The van der Waals surface area contributed by atoms with E-state index < -0.39 is 40.9 Å². The zero-order valence-corrected chi connectivity index (χ0v) is 29.4. The first-order chi connectivity index (χ1) is 25.6. The normalized spacial score (nSPS) is 26.2. The number of ether oxygens (including phenoxy) is 2. The van der Waals surface area contributed by atoms with E-state index >= 15 is 9.59 Å². The summed E-state index contributed by atoms with van der Waals surface area (Å²) in [5.74, 6) is -5.22. The molecule has 0 radical (unpaired) electrons. The van der Waals surface area contributed by atoms with Gasteiger partial charge >= 0.3 is 0 Å². The van der Waals surface area contributed by atoms with Crippen LogP contribution in [0.15, 0.2) is 115 Å². The standard InChI is InChI=1S/C44H37NO8/c1-24(46)25-14-16-28(17-15-25)45-42(50)31-19-18-30-33(38(31)43(45)51)22-34-41(49)32(26-10-6-4-7-11-26)23-37(48)44(34,27-12-8-5-9-13-27)40(30)39-35(47)20-29(52-2)21-36(39)53-3/h4-18,20-21,23,31,33-34,38,40,47H,19,22H2,1-3H3/t31-,33+,34-,38-,40+,44-/m0/s1. The fourth-order valence-electron chi connectivity index (χ4n) is 9.45. The molecule has 2 amide bonds. The van der Waals surface area contributed by atoms with Crippen molar-refractivity contribution in [2.24, 2.45) is 23.7 Å². The third-order valence-electron chi connectivity index (χ3n) is 11.7. The Bertz CT molecular complexity index is 2260. The number of carbonyl (C=O) groups excluding carboxylic acids is 5. The maximum atomic E-state index is 15.3. The van der Waals surface area contributed by atoms with Gasteiger partial charge in [-0.25, -0.2) is 0 Å². The highest BCUT2D eigenvalue weighted by atomic mass is 16.5. The Morgan fingerprint density at radius 2 is 1.51 bits per heavy atom. The lowest BCUT2D eigenvalue weighted by Gasteiger charge is -2.55. The summed E-state index contributed by atoms with van der Waals surface area (Å²) in [6, 6.07) is 27.7. The maximum Gasteiger partial charge on any atom is 0.238 e. The van der Waals surface area contributed by atoms with E-state index in [1.807, 2.05) is 54.6 Å². The molecule has 0 unspecified atom stereocenters. The molecule has 1 heterocycles. The molecule has 3 aliphatic carbocycles. The minimum Gasteiger partial charge on any atom is -0.507 e. The molecule has 4 aromatic carbocycles. The average Bonchev–Trinajstić information content (AvgIpc) is 3.44. The van der Waals surface area contributed by atoms with Crippen molar-refractivity contribution >= 4 is 40.4 Å². The maximum absolute atomic E-state index is 15.3. The van der Waals surface area contributed by atoms with Crippen molar-refractivity contribution in [2.45, 2.75) is 31.1 Å². The summed E-state index contributed by atoms with van der Waals surface area (Å²) in [6.45, 7) is 1.45. The van der Waals surface area contributed by atoms with Crippen LogP contribution in [0, 0.1) is 23.7 Å². The van der Waals surface area contributed by atoms with Crippen LogP contribution >= 0.6 is 0 Å². The molecular formula is C44H37NO8. The molecule has 6 atom stereocenters. The molecule has 2 fully saturated rings. The second-order valence-electron chi connectivity index (χ2n) is 14.2. The Hall–Kier alpha value is -6.09. The van der Waals surface area contributed by atoms with Crippen LogP contribution in [0.3, 0.4) is 0 Å². The average molecular weight is 708 g/mol. The first kappa shape index (κ1) is 34.0. The van der Waals surface area contributed by atoms with E-state index in [-0.39, 0.29) is 53.2 Å². The third-order valence-corrected chi connectivity index (χ3v) is 11.7. The fraction of sp³-hybridized carbons (Fsp3) is 0.250. The van der Waals surface area contributed by atoms with E-state index in [1.165, 1.54) is 38.2 Å². The van der Waals surface area contributed by atoms with Gasteiger partial charge in [-0.05, 0) is 67.2 Å². The van der Waals surface area contributed by atoms with Crippen LogP contribution in [0.1, 0.15) is 52.7 Å². The summed E-state index contributed by atoms with van der Waals surface area (Å²) < 4.78 is 11.4. The highest BCUT2D eigenvalue weighted by Gasteiger charge is 2.66. The van der Waals surface area contributed by atoms with Gasteiger partial charge in [0.25, 0.3) is 0 Å². The Balaban J connectivity index is 1.37. The van der Waals surface area contributed by atoms with Crippen molar-refractivity contribution in [1.82, 2.24) is 0 Å². The quantitative estimate of drug-likeness (QED) is 0.129. The van der Waals surface area contributed by atoms with Crippen LogP contribution in [-0.2, 0) is 24.6 Å². The lowest BCUT2D eigenvalue weighted by atomic mass is 9.44. The van der Waals surface area contributed by atoms with Crippen molar-refractivity contribution in [3.05, 3.63) is 137 Å². The van der Waals surface area contributed by atoms with E-state index in [4.69, 9.17) is 9.47 Å². The lowest BCUT2D eigenvalue weighted by Crippen LogP contribution is -2.58. The number of phenolic OH excluding ortho intramolecular Hbond substituents is 1. The molecule has 9 heteroatoms. The number of phenols is 1. The summed E-state index contributed by atoms with van der Waals surface area (Å²) in [5.41, 5.74) is 1.73. The lowest BCUT2D eigenvalue weighted by molar-refractivity contribution is -0.135. The van der Waals surface area contributed by atoms with Crippen molar-refractivity contribution in [3.8, 4) is 17.2 Å². The van der Waals surface area contributed by atoms with Crippen LogP contribution in [-0.4, -0.2) is 48.5 Å². The fourth-order valence-corrected chi connectivity index (χ4v) is 9.45. The largest absolute Gasteiger partial charge is 0.507 e. The Kier molecular flexibility index (Phi) is 8.24. The number of amides is 2. The highest BCUT2D eigenvalue weighted by Crippen LogP contribution is 2.65. The molecule has 266 valence electrons. The Morgan fingerprint density at radius 3 is 2.15 bits per heavy atom. The molecule has 9 nitrogen and oxygen atoms in total. The van der Waals surface area contributed by atoms with Gasteiger partial charge in [0, 0.05) is 40.7 Å². The molecule has 1 saturated heterocycles. The van der Waals surface area contributed by atoms with E-state index in [0.717, 1.165) is 0 Å². The molecule has 8 rings (SSSR count). The van der Waals surface area contributed by atoms with E-state index in [9.17, 15) is 19.5 Å². The van der Waals surface area contributed by atoms with Gasteiger partial charge in [0.15, 0.2) is 17.3 Å². The third kappa shape index (κ3) is 5.01. The van der Waals surface area contributed by atoms with Crippen LogP contribution in [0.4, 0.5) is 5.69 Å². The Morgan fingerprint density at radius 1 is 0.830 bits per heavy atom. The van der Waals surface area contributed by atoms with Crippen molar-refractivity contribution in [1.29, 1.82) is 0 Å². The molecule has 1 saturated carbocycles. The van der Waals surface area contributed by atoms with Crippen LogP contribution in [0.5, 0.6) is 17.2 Å². The van der Waals surface area contributed by atoms with E-state index in [2.05, 4.69) is 0 Å². The summed E-state index contributed by atoms with van der Waals surface area (Å²) >= 11 is 0. The number of aromatic hydroxyl groups is 1. The van der Waals surface area contributed by atoms with Gasteiger partial charge in [-0.3, -0.25) is 28.9 Å². The SMILES string of the molecule is COc1cc(O)c([C@H]2C3=CC[C@@H]4C(=O)N(c5ccc(C(C)=O)cc5)C(=O)[C@@H]4[C@@H]3C[C@H]3C(=O)C(c4ccccc4)=CC(=O)[C@@]23c2ccccc2)c(OC)c1. The summed E-state index contributed by atoms with van der Waals surface area (Å²) in [7, 11) is 2.93. The number of anilines is 1. The molecule has 4 aliphatic rings. The summed E-state index contributed by atoms with van der Waals surface area (Å²) in [5, 5.41) is 11.9. The van der Waals surface area contributed by atoms with Gasteiger partial charge in [0.2, 0.25) is 11.8 Å². The number of Topliss-reactive ketones (excluding diaryl/α,β-unsaturated/α-hetero) is 2. The second kappa shape index (κ2) is 12.8. The topological polar surface area (TPSA) is 127 Å². The first-order valence-electron chi connectivity index (χ1n) is 17.7. The molecule has 53 heavy (non-hydrogen) atoms. The molecule has 0 aromatic heterocycles. The van der Waals surface area contributed by atoms with Gasteiger partial charge in [0.1, 0.15) is 17.2 Å². The predicted molar refractivity (Wildman–Crippen MR) is 197 cm³/mol. The monoisotopic (exact) mass is 707 g/mol. The van der Waals surface area contributed by atoms with Crippen molar-refractivity contribution in [2.75, 3.05) is 19.1 Å². The number of fused-ring (bicyclic) bond motifs is 4. The number of nitrogens with zero attached hydrogens (tertiary/aromatic N) is 1. The van der Waals surface area contributed by atoms with Gasteiger partial charge in [0.05, 0.1) is 37.2 Å². The zero-order valence-electron chi connectivity index (χ0n) is 29.4. The summed E-state index contributed by atoms with van der Waals surface area (Å²) in [4.78, 5) is 72.4. The number of hydrogen-bond acceptors (Lipinski definition) is 8. The van der Waals surface area contributed by atoms with Crippen LogP contribution in [0.25, 0.3) is 5.57 Å². The Labute approximate surface area is 306 Å². The number of allylic oxidation sites excluding steroid dienone is 4. The number of benzene rings is 4. The minimum atomic E-state index is -1.54. The molecule has 1 aliphatic heterocycles. The zero-order chi connectivity index (χ0) is 37.2. The molecule has 4 aromatic rings. The van der Waals surface area contributed by atoms with Crippen molar-refractivity contribution < 1.29 is 38.6 Å². The van der Waals surface area contributed by atoms with Crippen LogP contribution < -0.4 is 14.4 Å². The molecule has 1 N–H and O–H groups in total. The number of ketones is 3. The van der Waals surface area contributed by atoms with E-state index in [1.54, 1.807) is 42.5 Å². The first-order valence-corrected chi connectivity index (χ1v) is 17.7. The second-order valence-corrected chi connectivity index (χ2v) is 14.2. The molecular weight excluding hydrogens is 670 g/mol. The predicted octanol–water partition coefficient (Wildman–Crippen LogP) is 6.64. The number of carbonyl (C=O) groups is 5. The number of methoxy groups -OCH3 is 2. The van der Waals surface area contributed by atoms with Gasteiger partial charge in [-0.1, -0.05) is 72.3 Å². The van der Waals surface area contributed by atoms with Crippen LogP contribution in [0.2, 0.25) is 0 Å². The molecule has 0 bridgehead atoms.